The molecule has 1 aromatic heterocycles. The number of nitrogens with zero attached hydrogens (tertiary/aromatic N) is 3. The molecule has 2 aromatic carbocycles. The van der Waals surface area contributed by atoms with Gasteiger partial charge in [0.2, 0.25) is 5.89 Å². The summed E-state index contributed by atoms with van der Waals surface area (Å²) in [5, 5.41) is 2.93. The van der Waals surface area contributed by atoms with Gasteiger partial charge in [0.05, 0.1) is 34.0 Å². The normalized spacial score (nSPS) is 14.1. The van der Waals surface area contributed by atoms with Gasteiger partial charge in [-0.15, -0.1) is 0 Å². The second-order valence-electron chi connectivity index (χ2n) is 8.64. The Labute approximate surface area is 212 Å². The summed E-state index contributed by atoms with van der Waals surface area (Å²) in [5.41, 5.74) is 2.43. The molecule has 1 fully saturated rings. The Morgan fingerprint density at radius 2 is 1.86 bits per heavy atom. The van der Waals surface area contributed by atoms with Crippen molar-refractivity contribution in [1.29, 1.82) is 0 Å². The highest BCUT2D eigenvalue weighted by molar-refractivity contribution is 5.91. The number of carbonyl (C=O) groups is 1. The van der Waals surface area contributed by atoms with Crippen molar-refractivity contribution in [3.8, 4) is 11.5 Å². The molecule has 0 spiro atoms. The molecule has 1 aliphatic rings. The van der Waals surface area contributed by atoms with Gasteiger partial charge in [-0.1, -0.05) is 30.3 Å². The Bertz CT molecular complexity index is 1100. The maximum Gasteiger partial charge on any atom is 0.273 e. The van der Waals surface area contributed by atoms with Gasteiger partial charge in [0.1, 0.15) is 17.8 Å². The molecule has 0 unspecified atom stereocenters. The first-order valence-electron chi connectivity index (χ1n) is 12.1. The van der Waals surface area contributed by atoms with Crippen molar-refractivity contribution in [2.75, 3.05) is 53.6 Å². The second-order valence-corrected chi connectivity index (χ2v) is 8.64. The molecule has 1 saturated heterocycles. The lowest BCUT2D eigenvalue weighted by Crippen LogP contribution is -2.41. The van der Waals surface area contributed by atoms with Crippen LogP contribution in [0, 0.1) is 0 Å². The Morgan fingerprint density at radius 1 is 1.06 bits per heavy atom. The zero-order valence-corrected chi connectivity index (χ0v) is 20.9. The van der Waals surface area contributed by atoms with E-state index in [0.717, 1.165) is 55.5 Å². The van der Waals surface area contributed by atoms with E-state index in [-0.39, 0.29) is 11.6 Å². The fourth-order valence-electron chi connectivity index (χ4n) is 4.18. The van der Waals surface area contributed by atoms with Crippen molar-refractivity contribution in [3.05, 3.63) is 77.5 Å². The van der Waals surface area contributed by atoms with Gasteiger partial charge >= 0.3 is 0 Å². The molecule has 1 amide bonds. The first-order chi connectivity index (χ1) is 17.6. The standard InChI is InChI=1S/C27H34N4O5/c1-33-23-8-9-25(34-2)22(16-23)18-31(17-21-6-4-3-5-7-21)19-26-29-24(20-36-26)27(32)28-10-11-30-12-14-35-15-13-30/h3-9,16,20H,10-15,17-19H2,1-2H3,(H,28,32). The maximum atomic E-state index is 12.6. The number of hydrogen-bond acceptors (Lipinski definition) is 8. The highest BCUT2D eigenvalue weighted by Crippen LogP contribution is 2.26. The fourth-order valence-corrected chi connectivity index (χ4v) is 4.18. The lowest BCUT2D eigenvalue weighted by molar-refractivity contribution is 0.0383. The lowest BCUT2D eigenvalue weighted by Gasteiger charge is -2.26. The number of methoxy groups -OCH3 is 2. The van der Waals surface area contributed by atoms with Crippen LogP contribution in [0.5, 0.6) is 11.5 Å². The molecule has 0 saturated carbocycles. The summed E-state index contributed by atoms with van der Waals surface area (Å²) in [4.78, 5) is 21.5. The van der Waals surface area contributed by atoms with Gasteiger partial charge in [-0.2, -0.15) is 0 Å². The third kappa shape index (κ3) is 7.30. The van der Waals surface area contributed by atoms with Gasteiger partial charge in [0.15, 0.2) is 5.69 Å². The molecule has 9 nitrogen and oxygen atoms in total. The van der Waals surface area contributed by atoms with Crippen LogP contribution in [0.3, 0.4) is 0 Å². The summed E-state index contributed by atoms with van der Waals surface area (Å²) < 4.78 is 22.0. The minimum absolute atomic E-state index is 0.234. The number of oxazole rings is 1. The van der Waals surface area contributed by atoms with E-state index in [1.165, 1.54) is 6.26 Å². The minimum atomic E-state index is -0.234. The molecule has 3 aromatic rings. The van der Waals surface area contributed by atoms with E-state index < -0.39 is 0 Å². The van der Waals surface area contributed by atoms with Crippen LogP contribution in [0.15, 0.2) is 59.2 Å². The number of carbonyl (C=O) groups excluding carboxylic acids is 1. The van der Waals surface area contributed by atoms with E-state index >= 15 is 0 Å². The molecule has 9 heteroatoms. The quantitative estimate of drug-likeness (QED) is 0.411. The fraction of sp³-hybridized carbons (Fsp3) is 0.407. The van der Waals surface area contributed by atoms with Crippen LogP contribution in [-0.4, -0.2) is 74.3 Å². The summed E-state index contributed by atoms with van der Waals surface area (Å²) in [6.45, 7) is 6.27. The van der Waals surface area contributed by atoms with E-state index in [1.54, 1.807) is 14.2 Å². The third-order valence-electron chi connectivity index (χ3n) is 6.09. The highest BCUT2D eigenvalue weighted by atomic mass is 16.5. The zero-order chi connectivity index (χ0) is 25.2. The average molecular weight is 495 g/mol. The average Bonchev–Trinajstić information content (AvgIpc) is 3.38. The van der Waals surface area contributed by atoms with E-state index in [0.29, 0.717) is 32.1 Å². The van der Waals surface area contributed by atoms with Crippen LogP contribution in [0.1, 0.15) is 27.5 Å². The molecule has 2 heterocycles. The lowest BCUT2D eigenvalue weighted by atomic mass is 10.1. The van der Waals surface area contributed by atoms with E-state index in [2.05, 4.69) is 32.2 Å². The smallest absolute Gasteiger partial charge is 0.273 e. The maximum absolute atomic E-state index is 12.6. The Kier molecular flexibility index (Phi) is 9.32. The van der Waals surface area contributed by atoms with Crippen molar-refractivity contribution in [1.82, 2.24) is 20.1 Å². The zero-order valence-electron chi connectivity index (χ0n) is 20.9. The second kappa shape index (κ2) is 13.1. The van der Waals surface area contributed by atoms with Crippen LogP contribution in [0.2, 0.25) is 0 Å². The molecule has 0 bridgehead atoms. The van der Waals surface area contributed by atoms with Crippen molar-refractivity contribution in [2.24, 2.45) is 0 Å². The van der Waals surface area contributed by atoms with Gasteiger partial charge in [-0.05, 0) is 23.8 Å². The first-order valence-corrected chi connectivity index (χ1v) is 12.1. The van der Waals surface area contributed by atoms with Gasteiger partial charge < -0.3 is 23.9 Å². The molecule has 0 aliphatic carbocycles. The highest BCUT2D eigenvalue weighted by Gasteiger charge is 2.18. The molecular formula is C27H34N4O5. The molecule has 0 radical (unpaired) electrons. The van der Waals surface area contributed by atoms with E-state index in [1.807, 2.05) is 36.4 Å². The largest absolute Gasteiger partial charge is 0.497 e. The molecule has 4 rings (SSSR count). The molecule has 192 valence electrons. The molecule has 36 heavy (non-hydrogen) atoms. The van der Waals surface area contributed by atoms with Crippen LogP contribution in [-0.2, 0) is 24.4 Å². The number of ether oxygens (including phenoxy) is 3. The Morgan fingerprint density at radius 3 is 2.61 bits per heavy atom. The van der Waals surface area contributed by atoms with Gasteiger partial charge in [0.25, 0.3) is 5.91 Å². The molecule has 1 N–H and O–H groups in total. The Hall–Kier alpha value is -3.40. The van der Waals surface area contributed by atoms with Crippen LogP contribution < -0.4 is 14.8 Å². The minimum Gasteiger partial charge on any atom is -0.497 e. The predicted molar refractivity (Wildman–Crippen MR) is 135 cm³/mol. The van der Waals surface area contributed by atoms with Crippen molar-refractivity contribution in [3.63, 3.8) is 0 Å². The number of hydrogen-bond donors (Lipinski definition) is 1. The van der Waals surface area contributed by atoms with Gasteiger partial charge in [-0.3, -0.25) is 14.6 Å². The first kappa shape index (κ1) is 25.7. The number of benzene rings is 2. The molecular weight excluding hydrogens is 460 g/mol. The number of aromatic nitrogens is 1. The number of amides is 1. The van der Waals surface area contributed by atoms with Crippen LogP contribution in [0.4, 0.5) is 0 Å². The van der Waals surface area contributed by atoms with Crippen molar-refractivity contribution < 1.29 is 23.4 Å². The SMILES string of the molecule is COc1ccc(OC)c(CN(Cc2ccccc2)Cc2nc(C(=O)NCCN3CCOCC3)co2)c1. The molecule has 1 aliphatic heterocycles. The Balaban J connectivity index is 1.41. The summed E-state index contributed by atoms with van der Waals surface area (Å²) in [5.74, 6) is 1.78. The summed E-state index contributed by atoms with van der Waals surface area (Å²) in [7, 11) is 3.30. The van der Waals surface area contributed by atoms with E-state index in [4.69, 9.17) is 18.6 Å². The number of morpholine rings is 1. The van der Waals surface area contributed by atoms with Gasteiger partial charge in [-0.25, -0.2) is 4.98 Å². The molecule has 0 atom stereocenters. The van der Waals surface area contributed by atoms with Crippen LogP contribution >= 0.6 is 0 Å². The third-order valence-corrected chi connectivity index (χ3v) is 6.09. The van der Waals surface area contributed by atoms with Gasteiger partial charge in [0, 0.05) is 44.8 Å². The summed E-state index contributed by atoms with van der Waals surface area (Å²) in [6.07, 6.45) is 1.42. The van der Waals surface area contributed by atoms with Crippen molar-refractivity contribution in [2.45, 2.75) is 19.6 Å². The summed E-state index contributed by atoms with van der Waals surface area (Å²) >= 11 is 0. The summed E-state index contributed by atoms with van der Waals surface area (Å²) in [6, 6.07) is 15.9. The topological polar surface area (TPSA) is 89.3 Å². The number of rotatable bonds is 12. The number of nitrogens with one attached hydrogen (secondary N) is 1. The monoisotopic (exact) mass is 494 g/mol. The van der Waals surface area contributed by atoms with E-state index in [9.17, 15) is 4.79 Å². The predicted octanol–water partition coefficient (Wildman–Crippen LogP) is 2.96. The van der Waals surface area contributed by atoms with Crippen LogP contribution in [0.25, 0.3) is 0 Å². The van der Waals surface area contributed by atoms with Crippen molar-refractivity contribution >= 4 is 5.91 Å².